The summed E-state index contributed by atoms with van der Waals surface area (Å²) in [6.45, 7) is 9.29. The minimum Gasteiger partial charge on any atom is -0.395 e. The molecule has 0 bridgehead atoms. The lowest BCUT2D eigenvalue weighted by molar-refractivity contribution is 0.159. The molecule has 0 spiro atoms. The molecular weight excluding hydrogens is 501 g/mol. The quantitative estimate of drug-likeness (QED) is 0.0460. The van der Waals surface area contributed by atoms with E-state index in [-0.39, 0.29) is 25.7 Å². The van der Waals surface area contributed by atoms with Gasteiger partial charge in [0.05, 0.1) is 19.8 Å². The maximum Gasteiger partial charge on any atom is 0.469 e. The Morgan fingerprint density at radius 2 is 1.16 bits per heavy atom. The number of rotatable bonds is 27. The number of hydrogen-bond acceptors (Lipinski definition) is 5. The molecule has 0 saturated heterocycles. The highest BCUT2D eigenvalue weighted by molar-refractivity contribution is 7.46. The number of aliphatic hydroxyl groups excluding tert-OH is 2. The van der Waals surface area contributed by atoms with E-state index < -0.39 is 7.82 Å². The van der Waals surface area contributed by atoms with E-state index in [1.807, 2.05) is 6.92 Å². The monoisotopic (exact) mass is 565 g/mol. The molecule has 4 N–H and O–H groups in total. The SMILES string of the molecule is CCCCC(CC)COP(=O)(O)O.CCCCCCCC/C=C\CCCCCCCCN(CCO)CCO. The summed E-state index contributed by atoms with van der Waals surface area (Å²) in [6, 6.07) is 0. The van der Waals surface area contributed by atoms with Gasteiger partial charge in [-0.25, -0.2) is 4.57 Å². The highest BCUT2D eigenvalue weighted by Crippen LogP contribution is 2.37. The molecule has 1 atom stereocenters. The van der Waals surface area contributed by atoms with Crippen LogP contribution in [-0.4, -0.2) is 64.4 Å². The van der Waals surface area contributed by atoms with Crippen molar-refractivity contribution in [1.29, 1.82) is 0 Å². The van der Waals surface area contributed by atoms with Gasteiger partial charge in [0, 0.05) is 13.1 Å². The first kappa shape index (κ1) is 39.9. The van der Waals surface area contributed by atoms with E-state index >= 15 is 0 Å². The van der Waals surface area contributed by atoms with Gasteiger partial charge in [-0.1, -0.05) is 110 Å². The third-order valence-electron chi connectivity index (χ3n) is 6.84. The van der Waals surface area contributed by atoms with Crippen LogP contribution in [0.1, 0.15) is 136 Å². The van der Waals surface area contributed by atoms with E-state index in [2.05, 4.69) is 35.4 Å². The van der Waals surface area contributed by atoms with Crippen LogP contribution < -0.4 is 0 Å². The molecule has 8 heteroatoms. The van der Waals surface area contributed by atoms with E-state index in [0.717, 1.165) is 32.2 Å². The topological polar surface area (TPSA) is 110 Å². The van der Waals surface area contributed by atoms with Crippen LogP contribution >= 0.6 is 7.82 Å². The molecule has 0 radical (unpaired) electrons. The second kappa shape index (κ2) is 31.3. The number of allylic oxidation sites excluding steroid dienone is 2. The average molecular weight is 566 g/mol. The van der Waals surface area contributed by atoms with Gasteiger partial charge in [0.2, 0.25) is 0 Å². The predicted molar refractivity (Wildman–Crippen MR) is 161 cm³/mol. The Kier molecular flexibility index (Phi) is 32.8. The lowest BCUT2D eigenvalue weighted by Crippen LogP contribution is -2.30. The van der Waals surface area contributed by atoms with E-state index in [1.54, 1.807) is 0 Å². The average Bonchev–Trinajstić information content (AvgIpc) is 2.88. The number of nitrogens with zero attached hydrogens (tertiary/aromatic N) is 1. The molecule has 230 valence electrons. The van der Waals surface area contributed by atoms with Gasteiger partial charge >= 0.3 is 7.82 Å². The van der Waals surface area contributed by atoms with Gasteiger partial charge in [0.15, 0.2) is 0 Å². The third-order valence-corrected chi connectivity index (χ3v) is 7.33. The molecule has 0 amide bonds. The Labute approximate surface area is 235 Å². The molecule has 7 nitrogen and oxygen atoms in total. The summed E-state index contributed by atoms with van der Waals surface area (Å²) in [6.07, 6.45) is 27.5. The van der Waals surface area contributed by atoms with Crippen molar-refractivity contribution in [1.82, 2.24) is 4.90 Å². The van der Waals surface area contributed by atoms with Crippen molar-refractivity contribution in [2.24, 2.45) is 5.92 Å². The van der Waals surface area contributed by atoms with Crippen LogP contribution in [0.3, 0.4) is 0 Å². The molecule has 0 aliphatic carbocycles. The van der Waals surface area contributed by atoms with Crippen molar-refractivity contribution < 1.29 is 29.1 Å². The first-order valence-electron chi connectivity index (χ1n) is 15.6. The number of aliphatic hydroxyl groups is 2. The standard InChI is InChI=1S/C22H45NO2.C8H19O4P/c1-2-3-4-5-6-7-8-9-10-11-12-13-14-15-16-17-18-23(19-21-24)20-22-25;1-3-5-6-8(4-2)7-12-13(9,10)11/h9-10,24-25H,2-8,11-22H2,1H3;8H,3-7H2,1-2H3,(H2,9,10,11)/b10-9-;. The van der Waals surface area contributed by atoms with Gasteiger partial charge in [0.1, 0.15) is 0 Å². The number of phosphoric ester groups is 1. The molecule has 0 aromatic heterocycles. The summed E-state index contributed by atoms with van der Waals surface area (Å²) in [5.41, 5.74) is 0. The molecule has 0 aromatic rings. The van der Waals surface area contributed by atoms with Crippen LogP contribution in [0, 0.1) is 5.92 Å². The van der Waals surface area contributed by atoms with Crippen molar-refractivity contribution in [3.63, 3.8) is 0 Å². The largest absolute Gasteiger partial charge is 0.469 e. The predicted octanol–water partition coefficient (Wildman–Crippen LogP) is 7.62. The van der Waals surface area contributed by atoms with E-state index in [0.29, 0.717) is 13.1 Å². The Morgan fingerprint density at radius 1 is 0.684 bits per heavy atom. The van der Waals surface area contributed by atoms with Gasteiger partial charge in [-0.3, -0.25) is 9.42 Å². The van der Waals surface area contributed by atoms with Gasteiger partial charge < -0.3 is 20.0 Å². The number of unbranched alkanes of at least 4 members (excludes halogenated alkanes) is 13. The van der Waals surface area contributed by atoms with Crippen LogP contribution in [0.25, 0.3) is 0 Å². The normalized spacial score (nSPS) is 12.7. The minimum absolute atomic E-state index is 0.167. The lowest BCUT2D eigenvalue weighted by atomic mass is 10.0. The molecule has 0 heterocycles. The van der Waals surface area contributed by atoms with Crippen molar-refractivity contribution in [3.05, 3.63) is 12.2 Å². The molecule has 38 heavy (non-hydrogen) atoms. The van der Waals surface area contributed by atoms with Gasteiger partial charge in [-0.15, -0.1) is 0 Å². The zero-order valence-corrected chi connectivity index (χ0v) is 26.1. The summed E-state index contributed by atoms with van der Waals surface area (Å²) in [4.78, 5) is 19.1. The maximum atomic E-state index is 10.4. The fourth-order valence-corrected chi connectivity index (χ4v) is 4.71. The summed E-state index contributed by atoms with van der Waals surface area (Å²) >= 11 is 0. The Balaban J connectivity index is 0. The summed E-state index contributed by atoms with van der Waals surface area (Å²) in [5, 5.41) is 17.9. The fourth-order valence-electron chi connectivity index (χ4n) is 4.30. The van der Waals surface area contributed by atoms with Crippen LogP contribution in [0.2, 0.25) is 0 Å². The molecule has 1 unspecified atom stereocenters. The smallest absolute Gasteiger partial charge is 0.395 e. The molecular formula is C30H64NO6P. The van der Waals surface area contributed by atoms with Crippen LogP contribution in [0.15, 0.2) is 12.2 Å². The highest BCUT2D eigenvalue weighted by Gasteiger charge is 2.16. The zero-order valence-electron chi connectivity index (χ0n) is 25.2. The molecule has 0 aliphatic rings. The molecule has 0 aromatic carbocycles. The van der Waals surface area contributed by atoms with Crippen LogP contribution in [0.5, 0.6) is 0 Å². The van der Waals surface area contributed by atoms with E-state index in [1.165, 1.54) is 89.9 Å². The molecule has 0 aliphatic heterocycles. The van der Waals surface area contributed by atoms with Gasteiger partial charge in [-0.05, 0) is 51.0 Å². The van der Waals surface area contributed by atoms with Crippen LogP contribution in [-0.2, 0) is 9.09 Å². The van der Waals surface area contributed by atoms with Crippen molar-refractivity contribution in [2.45, 2.75) is 136 Å². The van der Waals surface area contributed by atoms with Crippen molar-refractivity contribution in [2.75, 3.05) is 39.5 Å². The fraction of sp³-hybridized carbons (Fsp3) is 0.933. The van der Waals surface area contributed by atoms with E-state index in [4.69, 9.17) is 20.0 Å². The molecule has 0 rings (SSSR count). The number of phosphoric acid groups is 1. The minimum atomic E-state index is -4.26. The van der Waals surface area contributed by atoms with Gasteiger partial charge in [-0.2, -0.15) is 0 Å². The summed E-state index contributed by atoms with van der Waals surface area (Å²) in [7, 11) is -4.26. The molecule has 0 fully saturated rings. The second-order valence-electron chi connectivity index (χ2n) is 10.4. The zero-order chi connectivity index (χ0) is 28.7. The Bertz CT molecular complexity index is 523. The first-order chi connectivity index (χ1) is 18.3. The Morgan fingerprint density at radius 3 is 1.61 bits per heavy atom. The van der Waals surface area contributed by atoms with Crippen LogP contribution in [0.4, 0.5) is 0 Å². The lowest BCUT2D eigenvalue weighted by Gasteiger charge is -2.19. The summed E-state index contributed by atoms with van der Waals surface area (Å²) in [5.74, 6) is 0.271. The Hall–Kier alpha value is -0.270. The van der Waals surface area contributed by atoms with E-state index in [9.17, 15) is 4.57 Å². The first-order valence-corrected chi connectivity index (χ1v) is 17.2. The summed E-state index contributed by atoms with van der Waals surface area (Å²) < 4.78 is 14.8. The van der Waals surface area contributed by atoms with Crippen molar-refractivity contribution in [3.8, 4) is 0 Å². The highest BCUT2D eigenvalue weighted by atomic mass is 31.2. The number of hydrogen-bond donors (Lipinski definition) is 4. The van der Waals surface area contributed by atoms with Gasteiger partial charge in [0.25, 0.3) is 0 Å². The second-order valence-corrected chi connectivity index (χ2v) is 11.7. The maximum absolute atomic E-state index is 10.4. The molecule has 0 saturated carbocycles. The third kappa shape index (κ3) is 33.8. The van der Waals surface area contributed by atoms with Crippen molar-refractivity contribution >= 4 is 7.82 Å².